The van der Waals surface area contributed by atoms with Gasteiger partial charge < -0.3 is 14.4 Å². The fraction of sp³-hybridized carbons (Fsp3) is 0. The van der Waals surface area contributed by atoms with Crippen molar-refractivity contribution in [2.24, 2.45) is 0 Å². The molecule has 0 aliphatic rings. The zero-order chi connectivity index (χ0) is 42.4. The average molecular weight is 836 g/mol. The van der Waals surface area contributed by atoms with Crippen LogP contribution in [0.3, 0.4) is 0 Å². The van der Waals surface area contributed by atoms with Crippen LogP contribution in [0.4, 0.5) is 34.1 Å². The maximum Gasteiger partial charge on any atom is 0.0575 e. The smallest absolute Gasteiger partial charge is 0.0575 e. The molecule has 12 aromatic rings. The number of fused-ring (bicyclic) bond motifs is 6. The summed E-state index contributed by atoms with van der Waals surface area (Å²) in [6.07, 6.45) is 0. The number of benzene rings is 10. The van der Waals surface area contributed by atoms with Crippen LogP contribution in [0.15, 0.2) is 249 Å². The average Bonchev–Trinajstić information content (AvgIpc) is 3.91. The monoisotopic (exact) mass is 835 g/mol. The quantitative estimate of drug-likeness (QED) is 0.143. The van der Waals surface area contributed by atoms with Crippen molar-refractivity contribution in [2.75, 3.05) is 9.80 Å². The Morgan fingerprint density at radius 3 is 1.41 bits per heavy atom. The highest BCUT2D eigenvalue weighted by atomic mass is 32.1. The second-order valence-electron chi connectivity index (χ2n) is 16.2. The molecule has 4 heteroatoms. The first-order valence-electron chi connectivity index (χ1n) is 21.8. The Labute approximate surface area is 376 Å². The van der Waals surface area contributed by atoms with Gasteiger partial charge >= 0.3 is 0 Å². The molecule has 0 aliphatic carbocycles. The lowest BCUT2D eigenvalue weighted by Crippen LogP contribution is -2.13. The van der Waals surface area contributed by atoms with Gasteiger partial charge in [0, 0.05) is 65.1 Å². The summed E-state index contributed by atoms with van der Waals surface area (Å²) in [5.41, 5.74) is 14.9. The summed E-state index contributed by atoms with van der Waals surface area (Å²) >= 11 is 1.86. The van der Waals surface area contributed by atoms with E-state index in [-0.39, 0.29) is 0 Å². The summed E-state index contributed by atoms with van der Waals surface area (Å²) in [7, 11) is 0. The lowest BCUT2D eigenvalue weighted by Gasteiger charge is -2.30. The Kier molecular flexibility index (Phi) is 9.36. The summed E-state index contributed by atoms with van der Waals surface area (Å²) < 4.78 is 4.89. The van der Waals surface area contributed by atoms with Gasteiger partial charge in [-0.05, 0) is 119 Å². The Bertz CT molecular complexity index is 3500. The van der Waals surface area contributed by atoms with E-state index in [1.807, 2.05) is 11.3 Å². The first-order valence-corrected chi connectivity index (χ1v) is 22.6. The lowest BCUT2D eigenvalue weighted by molar-refractivity contribution is 1.18. The van der Waals surface area contributed by atoms with Gasteiger partial charge in [0.2, 0.25) is 0 Å². The molecule has 0 aliphatic heterocycles. The molecule has 2 aromatic heterocycles. The molecule has 0 spiro atoms. The van der Waals surface area contributed by atoms with Crippen LogP contribution >= 0.6 is 11.3 Å². The number of para-hydroxylation sites is 5. The van der Waals surface area contributed by atoms with Crippen LogP contribution in [0.25, 0.3) is 69.9 Å². The number of hydrogen-bond acceptors (Lipinski definition) is 3. The molecule has 0 fully saturated rings. The summed E-state index contributed by atoms with van der Waals surface area (Å²) in [6.45, 7) is 0. The van der Waals surface area contributed by atoms with Crippen LogP contribution in [0.1, 0.15) is 0 Å². The number of aromatic nitrogens is 1. The fourth-order valence-electron chi connectivity index (χ4n) is 9.40. The molecule has 0 radical (unpaired) electrons. The second kappa shape index (κ2) is 15.9. The summed E-state index contributed by atoms with van der Waals surface area (Å²) in [5.74, 6) is 0. The maximum atomic E-state index is 2.42. The molecule has 64 heavy (non-hydrogen) atoms. The van der Waals surface area contributed by atoms with Gasteiger partial charge in [-0.15, -0.1) is 11.3 Å². The zero-order valence-corrected chi connectivity index (χ0v) is 35.7. The molecule has 0 N–H and O–H groups in total. The molecule has 0 bridgehead atoms. The van der Waals surface area contributed by atoms with Crippen molar-refractivity contribution in [3.8, 4) is 27.9 Å². The highest BCUT2D eigenvalue weighted by molar-refractivity contribution is 7.26. The predicted molar refractivity (Wildman–Crippen MR) is 274 cm³/mol. The lowest BCUT2D eigenvalue weighted by atomic mass is 10.00. The Balaban J connectivity index is 1.07. The van der Waals surface area contributed by atoms with E-state index in [1.165, 1.54) is 64.2 Å². The molecular formula is C60H41N3S. The van der Waals surface area contributed by atoms with Crippen molar-refractivity contribution in [1.82, 2.24) is 4.57 Å². The minimum Gasteiger partial charge on any atom is -0.310 e. The van der Waals surface area contributed by atoms with Gasteiger partial charge in [0.25, 0.3) is 0 Å². The third-order valence-electron chi connectivity index (χ3n) is 12.3. The van der Waals surface area contributed by atoms with E-state index < -0.39 is 0 Å². The van der Waals surface area contributed by atoms with E-state index in [2.05, 4.69) is 263 Å². The van der Waals surface area contributed by atoms with Crippen molar-refractivity contribution in [3.63, 3.8) is 0 Å². The minimum atomic E-state index is 1.10. The predicted octanol–water partition coefficient (Wildman–Crippen LogP) is 17.4. The van der Waals surface area contributed by atoms with Gasteiger partial charge in [-0.2, -0.15) is 0 Å². The topological polar surface area (TPSA) is 11.4 Å². The molecule has 3 nitrogen and oxygen atoms in total. The molecule has 302 valence electrons. The zero-order valence-electron chi connectivity index (χ0n) is 34.9. The molecule has 0 atom stereocenters. The van der Waals surface area contributed by atoms with E-state index in [0.717, 1.165) is 39.8 Å². The third-order valence-corrected chi connectivity index (χ3v) is 13.4. The van der Waals surface area contributed by atoms with Crippen molar-refractivity contribution >= 4 is 87.4 Å². The van der Waals surface area contributed by atoms with E-state index in [0.29, 0.717) is 0 Å². The van der Waals surface area contributed by atoms with Crippen LogP contribution in [-0.4, -0.2) is 4.57 Å². The van der Waals surface area contributed by atoms with Gasteiger partial charge in [-0.1, -0.05) is 152 Å². The van der Waals surface area contributed by atoms with E-state index in [9.17, 15) is 0 Å². The summed E-state index contributed by atoms with van der Waals surface area (Å²) in [5, 5.41) is 4.95. The summed E-state index contributed by atoms with van der Waals surface area (Å²) in [4.78, 5) is 4.79. The van der Waals surface area contributed by atoms with E-state index >= 15 is 0 Å². The Hall–Kier alpha value is -8.18. The summed E-state index contributed by atoms with van der Waals surface area (Å²) in [6, 6.07) is 90.1. The SMILES string of the molecule is c1ccc(-c2ccc(-n3c4ccccc4c4ccc(-c5ccc6sc7cc(N(c8ccccc8)c8ccccc8)cc(N(c8ccccc8)c8ccccc8)c7c6c5)cc43)cc2)cc1. The number of hydrogen-bond donors (Lipinski definition) is 0. The molecule has 0 unspecified atom stereocenters. The van der Waals surface area contributed by atoms with Gasteiger partial charge in [0.05, 0.1) is 16.7 Å². The molecule has 0 saturated carbocycles. The van der Waals surface area contributed by atoms with E-state index in [4.69, 9.17) is 0 Å². The normalized spacial score (nSPS) is 11.4. The number of anilines is 6. The number of nitrogens with zero attached hydrogens (tertiary/aromatic N) is 3. The first kappa shape index (κ1) is 37.6. The highest BCUT2D eigenvalue weighted by Gasteiger charge is 2.23. The van der Waals surface area contributed by atoms with Crippen LogP contribution in [0.2, 0.25) is 0 Å². The maximum absolute atomic E-state index is 2.42. The molecule has 12 rings (SSSR count). The van der Waals surface area contributed by atoms with Crippen molar-refractivity contribution < 1.29 is 0 Å². The van der Waals surface area contributed by atoms with Crippen molar-refractivity contribution in [2.45, 2.75) is 0 Å². The molecule has 2 heterocycles. The van der Waals surface area contributed by atoms with Gasteiger partial charge in [-0.25, -0.2) is 0 Å². The Morgan fingerprint density at radius 1 is 0.297 bits per heavy atom. The van der Waals surface area contributed by atoms with Crippen LogP contribution in [0, 0.1) is 0 Å². The van der Waals surface area contributed by atoms with Gasteiger partial charge in [0.1, 0.15) is 0 Å². The first-order chi connectivity index (χ1) is 31.7. The molecule has 10 aromatic carbocycles. The fourth-order valence-corrected chi connectivity index (χ4v) is 10.5. The minimum absolute atomic E-state index is 1.10. The van der Waals surface area contributed by atoms with Crippen molar-refractivity contribution in [1.29, 1.82) is 0 Å². The van der Waals surface area contributed by atoms with E-state index in [1.54, 1.807) is 0 Å². The Morgan fingerprint density at radius 2 is 0.781 bits per heavy atom. The van der Waals surface area contributed by atoms with Crippen LogP contribution < -0.4 is 9.80 Å². The molecular weight excluding hydrogens is 795 g/mol. The number of rotatable bonds is 9. The molecule has 0 amide bonds. The van der Waals surface area contributed by atoms with Crippen LogP contribution in [-0.2, 0) is 0 Å². The largest absolute Gasteiger partial charge is 0.310 e. The third kappa shape index (κ3) is 6.60. The van der Waals surface area contributed by atoms with Gasteiger partial charge in [-0.3, -0.25) is 0 Å². The highest BCUT2D eigenvalue weighted by Crippen LogP contribution is 2.49. The van der Waals surface area contributed by atoms with Crippen LogP contribution in [0.5, 0.6) is 0 Å². The molecule has 0 saturated heterocycles. The number of thiophene rings is 1. The second-order valence-corrected chi connectivity index (χ2v) is 17.2. The standard InChI is InChI=1S/C60H41N3S/c1-6-18-42(19-7-1)43-30-34-50(35-31-43)63-55-29-17-16-28-52(55)53-36-32-45(39-56(53)63)44-33-37-58-54(38-44)60-57(62(48-24-12-4-13-25-48)49-26-14-5-15-27-49)40-51(41-59(60)64-58)61(46-20-8-2-9-21-46)47-22-10-3-11-23-47/h1-41H. The van der Waals surface area contributed by atoms with Gasteiger partial charge in [0.15, 0.2) is 0 Å². The van der Waals surface area contributed by atoms with Crippen molar-refractivity contribution in [3.05, 3.63) is 249 Å².